The summed E-state index contributed by atoms with van der Waals surface area (Å²) < 4.78 is 1.87. The highest BCUT2D eigenvalue weighted by Gasteiger charge is 1.96. The second-order valence-corrected chi connectivity index (χ2v) is 2.24. The van der Waals surface area contributed by atoms with E-state index < -0.39 is 6.03 Å². The minimum atomic E-state index is -0.543. The summed E-state index contributed by atoms with van der Waals surface area (Å²) in [6.45, 7) is 0. The van der Waals surface area contributed by atoms with E-state index in [9.17, 15) is 4.79 Å². The van der Waals surface area contributed by atoms with Crippen LogP contribution >= 0.6 is 0 Å². The van der Waals surface area contributed by atoms with Crippen LogP contribution in [0.1, 0.15) is 0 Å². The topological polar surface area (TPSA) is 59.0 Å². The Morgan fingerprint density at radius 2 is 2.00 bits per heavy atom. The van der Waals surface area contributed by atoms with E-state index in [1.165, 1.54) is 0 Å². The lowest BCUT2D eigenvalue weighted by atomic mass is 10.4. The van der Waals surface area contributed by atoms with Crippen molar-refractivity contribution in [3.05, 3.63) is 24.5 Å². The van der Waals surface area contributed by atoms with Gasteiger partial charge in [-0.3, -0.25) is 0 Å². The van der Waals surface area contributed by atoms with Gasteiger partial charge in [-0.1, -0.05) is 0 Å². The fraction of sp³-hybridized carbons (Fsp3) is 0.143. The molecule has 0 aliphatic heterocycles. The minimum Gasteiger partial charge on any atom is -1.00 e. The number of aromatic nitrogens is 1. The van der Waals surface area contributed by atoms with Gasteiger partial charge in [0.05, 0.1) is 5.69 Å². The van der Waals surface area contributed by atoms with Gasteiger partial charge in [0.1, 0.15) is 7.05 Å². The summed E-state index contributed by atoms with van der Waals surface area (Å²) in [5.74, 6) is 0. The van der Waals surface area contributed by atoms with Crippen molar-refractivity contribution in [2.24, 2.45) is 12.8 Å². The molecule has 0 aromatic carbocycles. The predicted octanol–water partition coefficient (Wildman–Crippen LogP) is -2.99. The van der Waals surface area contributed by atoms with Gasteiger partial charge in [-0.2, -0.15) is 0 Å². The summed E-state index contributed by atoms with van der Waals surface area (Å²) in [6, 6.07) is 2.99. The smallest absolute Gasteiger partial charge is 0.316 e. The van der Waals surface area contributed by atoms with Crippen molar-refractivity contribution in [2.45, 2.75) is 0 Å². The van der Waals surface area contributed by atoms with Crippen LogP contribution in [0, 0.1) is 0 Å². The molecule has 0 saturated heterocycles. The van der Waals surface area contributed by atoms with Gasteiger partial charge in [0.2, 0.25) is 0 Å². The number of halogens is 1. The molecule has 2 amide bonds. The van der Waals surface area contributed by atoms with Crippen molar-refractivity contribution in [1.29, 1.82) is 0 Å². The van der Waals surface area contributed by atoms with Crippen LogP contribution in [-0.2, 0) is 7.05 Å². The number of rotatable bonds is 1. The molecule has 12 heavy (non-hydrogen) atoms. The van der Waals surface area contributed by atoms with Crippen molar-refractivity contribution in [3.63, 3.8) is 0 Å². The van der Waals surface area contributed by atoms with Gasteiger partial charge in [0.15, 0.2) is 12.4 Å². The molecule has 0 saturated carbocycles. The van der Waals surface area contributed by atoms with Crippen LogP contribution < -0.4 is 39.6 Å². The van der Waals surface area contributed by atoms with E-state index in [1.54, 1.807) is 12.1 Å². The first-order chi connectivity index (χ1) is 5.18. The fourth-order valence-corrected chi connectivity index (χ4v) is 0.727. The molecule has 3 N–H and O–H groups in total. The Balaban J connectivity index is 0.00000121. The number of hydrogen-bond donors (Lipinski definition) is 2. The number of carbonyl (C=O) groups is 1. The summed E-state index contributed by atoms with van der Waals surface area (Å²) >= 11 is 0. The summed E-state index contributed by atoms with van der Waals surface area (Å²) in [5.41, 5.74) is 5.61. The van der Waals surface area contributed by atoms with Gasteiger partial charge in [-0.15, -0.1) is 0 Å². The Morgan fingerprint density at radius 3 is 2.42 bits per heavy atom. The van der Waals surface area contributed by atoms with Crippen LogP contribution in [-0.4, -0.2) is 6.03 Å². The number of nitrogens with one attached hydrogen (secondary N) is 1. The van der Waals surface area contributed by atoms with Crippen molar-refractivity contribution in [1.82, 2.24) is 0 Å². The second kappa shape index (κ2) is 4.91. The van der Waals surface area contributed by atoms with Crippen LogP contribution in [0.5, 0.6) is 0 Å². The van der Waals surface area contributed by atoms with E-state index >= 15 is 0 Å². The quantitative estimate of drug-likeness (QED) is 0.418. The van der Waals surface area contributed by atoms with Crippen molar-refractivity contribution >= 4 is 11.7 Å². The number of amides is 2. The maximum atomic E-state index is 10.4. The third-order valence-electron chi connectivity index (χ3n) is 1.25. The summed E-state index contributed by atoms with van der Waals surface area (Å²) in [4.78, 5) is 10.4. The first kappa shape index (κ1) is 11.2. The molecule has 1 aromatic rings. The maximum Gasteiger partial charge on any atom is 0.316 e. The highest BCUT2D eigenvalue weighted by atomic mass is 127. The van der Waals surface area contributed by atoms with Crippen LogP contribution in [0.15, 0.2) is 24.5 Å². The number of hydrogen-bond acceptors (Lipinski definition) is 1. The minimum absolute atomic E-state index is 0. The largest absolute Gasteiger partial charge is 1.00 e. The Morgan fingerprint density at radius 1 is 1.50 bits per heavy atom. The van der Waals surface area contributed by atoms with E-state index in [1.807, 2.05) is 24.0 Å². The number of pyridine rings is 1. The van der Waals surface area contributed by atoms with Crippen LogP contribution in [0.3, 0.4) is 0 Å². The first-order valence-electron chi connectivity index (χ1n) is 3.20. The third kappa shape index (κ3) is 3.51. The molecule has 4 nitrogen and oxygen atoms in total. The van der Waals surface area contributed by atoms with Crippen molar-refractivity contribution in [3.8, 4) is 0 Å². The van der Waals surface area contributed by atoms with Gasteiger partial charge in [0.25, 0.3) is 0 Å². The Hall–Kier alpha value is -0.850. The summed E-state index contributed by atoms with van der Waals surface area (Å²) in [5, 5.41) is 2.46. The normalized spacial score (nSPS) is 8.42. The number of carbonyl (C=O) groups excluding carboxylic acids is 1. The zero-order valence-electron chi connectivity index (χ0n) is 6.62. The number of nitrogens with two attached hydrogens (primary N) is 1. The zero-order chi connectivity index (χ0) is 8.27. The SMILES string of the molecule is C[n+]1ccc(NC(N)=O)cc1.[I-]. The fourth-order valence-electron chi connectivity index (χ4n) is 0.727. The first-order valence-corrected chi connectivity index (χ1v) is 3.20. The van der Waals surface area contributed by atoms with E-state index in [4.69, 9.17) is 5.73 Å². The lowest BCUT2D eigenvalue weighted by Crippen LogP contribution is -3.00. The number of anilines is 1. The van der Waals surface area contributed by atoms with Crippen LogP contribution in [0.2, 0.25) is 0 Å². The molecule has 1 heterocycles. The van der Waals surface area contributed by atoms with E-state index in [0.29, 0.717) is 5.69 Å². The number of aryl methyl sites for hydroxylation is 1. The molecule has 0 bridgehead atoms. The molecule has 0 radical (unpaired) electrons. The Labute approximate surface area is 87.8 Å². The van der Waals surface area contributed by atoms with Crippen LogP contribution in [0.25, 0.3) is 0 Å². The highest BCUT2D eigenvalue weighted by molar-refractivity contribution is 5.87. The molecule has 0 aliphatic carbocycles. The number of primary amides is 1. The van der Waals surface area contributed by atoms with Gasteiger partial charge in [-0.05, 0) is 0 Å². The van der Waals surface area contributed by atoms with E-state index in [0.717, 1.165) is 0 Å². The Kier molecular flexibility index (Phi) is 4.57. The zero-order valence-corrected chi connectivity index (χ0v) is 8.78. The van der Waals surface area contributed by atoms with Gasteiger partial charge in [0, 0.05) is 12.1 Å². The molecule has 1 rings (SSSR count). The lowest BCUT2D eigenvalue weighted by molar-refractivity contribution is -0.671. The average Bonchev–Trinajstić information content (AvgIpc) is 1.93. The monoisotopic (exact) mass is 279 g/mol. The average molecular weight is 279 g/mol. The van der Waals surface area contributed by atoms with E-state index in [-0.39, 0.29) is 24.0 Å². The van der Waals surface area contributed by atoms with Crippen molar-refractivity contribution in [2.75, 3.05) is 5.32 Å². The second-order valence-electron chi connectivity index (χ2n) is 2.24. The maximum absolute atomic E-state index is 10.4. The molecule has 5 heteroatoms. The van der Waals surface area contributed by atoms with E-state index in [2.05, 4.69) is 5.32 Å². The Bertz CT molecular complexity index is 260. The third-order valence-corrected chi connectivity index (χ3v) is 1.25. The number of urea groups is 1. The molecule has 0 fully saturated rings. The standard InChI is InChI=1S/C7H9N3O.HI/c1-10-4-2-6(3-5-10)9-7(8)11;/h2-5H,1H3,(H2,8,11);1H. The predicted molar refractivity (Wildman–Crippen MR) is 40.8 cm³/mol. The summed E-state index contributed by atoms with van der Waals surface area (Å²) in [7, 11) is 1.90. The lowest BCUT2D eigenvalue weighted by Gasteiger charge is -1.97. The molecular formula is C7H10IN3O. The van der Waals surface area contributed by atoms with Gasteiger partial charge < -0.3 is 35.0 Å². The van der Waals surface area contributed by atoms with Crippen molar-refractivity contribution < 1.29 is 33.3 Å². The number of nitrogens with zero attached hydrogens (tertiary/aromatic N) is 1. The molecule has 0 spiro atoms. The molecular weight excluding hydrogens is 269 g/mol. The molecule has 0 unspecified atom stereocenters. The summed E-state index contributed by atoms with van der Waals surface area (Å²) in [6.07, 6.45) is 3.65. The molecule has 1 aromatic heterocycles. The molecule has 0 aliphatic rings. The van der Waals surface area contributed by atoms with Gasteiger partial charge in [-0.25, -0.2) is 9.36 Å². The molecule has 0 atom stereocenters. The van der Waals surface area contributed by atoms with Crippen LogP contribution in [0.4, 0.5) is 10.5 Å². The van der Waals surface area contributed by atoms with Gasteiger partial charge >= 0.3 is 6.03 Å². The highest BCUT2D eigenvalue weighted by Crippen LogP contribution is 2.00. The molecule has 66 valence electrons.